The molecule has 0 saturated carbocycles. The van der Waals surface area contributed by atoms with E-state index in [1.54, 1.807) is 29.7 Å². The van der Waals surface area contributed by atoms with E-state index >= 15 is 0 Å². The molecule has 2 aromatic carbocycles. The van der Waals surface area contributed by atoms with E-state index in [2.05, 4.69) is 36.5 Å². The molecule has 3 rings (SSSR count). The van der Waals surface area contributed by atoms with Gasteiger partial charge in [0.25, 0.3) is 0 Å². The number of hydrogen-bond acceptors (Lipinski definition) is 6. The molecule has 1 heterocycles. The first kappa shape index (κ1) is 18.8. The number of aryl methyl sites for hydroxylation is 2. The number of carbonyl (C=O) groups is 1. The summed E-state index contributed by atoms with van der Waals surface area (Å²) in [6.45, 7) is 4.21. The highest BCUT2D eigenvalue weighted by Crippen LogP contribution is 2.33. The zero-order valence-corrected chi connectivity index (χ0v) is 16.3. The number of nitrogens with one attached hydrogen (secondary N) is 1. The van der Waals surface area contributed by atoms with Crippen molar-refractivity contribution in [2.75, 3.05) is 12.5 Å². The quantitative estimate of drug-likeness (QED) is 0.375. The zero-order valence-electron chi connectivity index (χ0n) is 15.5. The van der Waals surface area contributed by atoms with Gasteiger partial charge in [-0.25, -0.2) is 9.78 Å². The first-order valence-corrected chi connectivity index (χ1v) is 9.47. The third kappa shape index (κ3) is 4.23. The van der Waals surface area contributed by atoms with Crippen molar-refractivity contribution in [2.24, 2.45) is 5.10 Å². The van der Waals surface area contributed by atoms with E-state index in [1.165, 1.54) is 17.6 Å². The number of rotatable bonds is 6. The van der Waals surface area contributed by atoms with Crippen LogP contribution in [0.1, 0.15) is 33.3 Å². The zero-order chi connectivity index (χ0) is 19.2. The lowest BCUT2D eigenvalue weighted by molar-refractivity contribution is 0.0600. The topological polar surface area (TPSA) is 63.6 Å². The minimum absolute atomic E-state index is 0.388. The van der Waals surface area contributed by atoms with Crippen molar-refractivity contribution in [1.29, 1.82) is 0 Å². The standard InChI is InChI=1S/C21H21N3O2S/c1-4-18-19(16-11-7-5-9-14(16)2)23-21(27-18)24-22-13-15-10-6-8-12-17(15)20(25)26-3/h5-13H,4H2,1-3H3,(H,23,24)/b22-13+. The van der Waals surface area contributed by atoms with Gasteiger partial charge in [-0.15, -0.1) is 0 Å². The van der Waals surface area contributed by atoms with Crippen molar-refractivity contribution in [3.8, 4) is 11.3 Å². The molecule has 1 aromatic heterocycles. The Balaban J connectivity index is 1.83. The van der Waals surface area contributed by atoms with Crippen LogP contribution < -0.4 is 5.43 Å². The minimum Gasteiger partial charge on any atom is -0.465 e. The molecule has 0 unspecified atom stereocenters. The Morgan fingerprint density at radius 3 is 2.70 bits per heavy atom. The molecule has 5 nitrogen and oxygen atoms in total. The summed E-state index contributed by atoms with van der Waals surface area (Å²) in [4.78, 5) is 17.8. The Bertz CT molecular complexity index is 979. The summed E-state index contributed by atoms with van der Waals surface area (Å²) in [5.74, 6) is -0.388. The summed E-state index contributed by atoms with van der Waals surface area (Å²) >= 11 is 1.59. The van der Waals surface area contributed by atoms with Crippen molar-refractivity contribution in [3.63, 3.8) is 0 Å². The third-order valence-corrected chi connectivity index (χ3v) is 5.25. The van der Waals surface area contributed by atoms with E-state index in [-0.39, 0.29) is 5.97 Å². The van der Waals surface area contributed by atoms with Crippen molar-refractivity contribution >= 4 is 28.7 Å². The minimum atomic E-state index is -0.388. The number of thiazole rings is 1. The number of hydrogen-bond donors (Lipinski definition) is 1. The highest BCUT2D eigenvalue weighted by atomic mass is 32.1. The molecule has 0 radical (unpaired) electrons. The van der Waals surface area contributed by atoms with E-state index < -0.39 is 0 Å². The smallest absolute Gasteiger partial charge is 0.338 e. The second kappa shape index (κ2) is 8.60. The Hall–Kier alpha value is -2.99. The fourth-order valence-electron chi connectivity index (χ4n) is 2.75. The Labute approximate surface area is 162 Å². The number of carbonyl (C=O) groups excluding carboxylic acids is 1. The van der Waals surface area contributed by atoms with Crippen LogP contribution in [0.2, 0.25) is 0 Å². The molecule has 0 fully saturated rings. The number of benzene rings is 2. The SMILES string of the molecule is CCc1sc(N/N=C/c2ccccc2C(=O)OC)nc1-c1ccccc1C. The third-order valence-electron chi connectivity index (χ3n) is 4.15. The molecule has 27 heavy (non-hydrogen) atoms. The van der Waals surface area contributed by atoms with Gasteiger partial charge >= 0.3 is 5.97 Å². The largest absolute Gasteiger partial charge is 0.465 e. The average Bonchev–Trinajstić information content (AvgIpc) is 3.11. The molecule has 0 atom stereocenters. The van der Waals surface area contributed by atoms with E-state index in [0.717, 1.165) is 22.8 Å². The van der Waals surface area contributed by atoms with Crippen LogP contribution in [0.15, 0.2) is 53.6 Å². The maximum Gasteiger partial charge on any atom is 0.338 e. The number of aromatic nitrogens is 1. The number of anilines is 1. The molecule has 138 valence electrons. The van der Waals surface area contributed by atoms with Crippen molar-refractivity contribution in [1.82, 2.24) is 4.98 Å². The Kier molecular flexibility index (Phi) is 5.98. The summed E-state index contributed by atoms with van der Waals surface area (Å²) in [6, 6.07) is 15.4. The van der Waals surface area contributed by atoms with Crippen molar-refractivity contribution in [3.05, 3.63) is 70.1 Å². The fraction of sp³-hybridized carbons (Fsp3) is 0.190. The lowest BCUT2D eigenvalue weighted by Crippen LogP contribution is -2.05. The van der Waals surface area contributed by atoms with Crippen LogP contribution >= 0.6 is 11.3 Å². The van der Waals surface area contributed by atoms with Gasteiger partial charge in [-0.05, 0) is 25.0 Å². The number of methoxy groups -OCH3 is 1. The molecule has 1 N–H and O–H groups in total. The second-order valence-electron chi connectivity index (χ2n) is 5.91. The van der Waals surface area contributed by atoms with Gasteiger partial charge in [-0.3, -0.25) is 5.43 Å². The second-order valence-corrected chi connectivity index (χ2v) is 6.99. The predicted octanol–water partition coefficient (Wildman–Crippen LogP) is 4.91. The fourth-order valence-corrected chi connectivity index (χ4v) is 3.62. The van der Waals surface area contributed by atoms with Crippen LogP contribution in [0.5, 0.6) is 0 Å². The summed E-state index contributed by atoms with van der Waals surface area (Å²) in [7, 11) is 1.36. The van der Waals surface area contributed by atoms with Gasteiger partial charge in [0.15, 0.2) is 0 Å². The Morgan fingerprint density at radius 2 is 1.96 bits per heavy atom. The molecule has 0 aliphatic carbocycles. The molecule has 0 saturated heterocycles. The van der Waals surface area contributed by atoms with Gasteiger partial charge in [0, 0.05) is 16.0 Å². The Morgan fingerprint density at radius 1 is 1.22 bits per heavy atom. The summed E-state index contributed by atoms with van der Waals surface area (Å²) in [6.07, 6.45) is 2.50. The van der Waals surface area contributed by atoms with Gasteiger partial charge in [0.2, 0.25) is 5.13 Å². The number of ether oxygens (including phenoxy) is 1. The molecular weight excluding hydrogens is 358 g/mol. The van der Waals surface area contributed by atoms with E-state index in [4.69, 9.17) is 9.72 Å². The summed E-state index contributed by atoms with van der Waals surface area (Å²) < 4.78 is 4.80. The molecule has 0 bridgehead atoms. The van der Waals surface area contributed by atoms with Gasteiger partial charge in [-0.1, -0.05) is 60.7 Å². The van der Waals surface area contributed by atoms with Gasteiger partial charge in [-0.2, -0.15) is 5.10 Å². The molecular formula is C21H21N3O2S. The van der Waals surface area contributed by atoms with Crippen LogP contribution in [-0.2, 0) is 11.2 Å². The monoisotopic (exact) mass is 379 g/mol. The molecule has 6 heteroatoms. The lowest BCUT2D eigenvalue weighted by Gasteiger charge is -2.03. The summed E-state index contributed by atoms with van der Waals surface area (Å²) in [5, 5.41) is 4.98. The van der Waals surface area contributed by atoms with Gasteiger partial charge in [0.1, 0.15) is 0 Å². The van der Waals surface area contributed by atoms with Crippen LogP contribution in [0, 0.1) is 6.92 Å². The number of hydrazone groups is 1. The van der Waals surface area contributed by atoms with Crippen molar-refractivity contribution in [2.45, 2.75) is 20.3 Å². The van der Waals surface area contributed by atoms with E-state index in [9.17, 15) is 4.79 Å². The van der Waals surface area contributed by atoms with E-state index in [0.29, 0.717) is 11.1 Å². The van der Waals surface area contributed by atoms with Crippen molar-refractivity contribution < 1.29 is 9.53 Å². The highest BCUT2D eigenvalue weighted by Gasteiger charge is 2.13. The number of nitrogens with zero attached hydrogens (tertiary/aromatic N) is 2. The van der Waals surface area contributed by atoms with Crippen LogP contribution in [0.3, 0.4) is 0 Å². The molecule has 0 aliphatic heterocycles. The molecule has 3 aromatic rings. The van der Waals surface area contributed by atoms with Gasteiger partial charge < -0.3 is 4.74 Å². The maximum absolute atomic E-state index is 11.8. The molecule has 0 spiro atoms. The number of esters is 1. The van der Waals surface area contributed by atoms with E-state index in [1.807, 2.05) is 24.3 Å². The normalized spacial score (nSPS) is 10.9. The summed E-state index contributed by atoms with van der Waals surface area (Å²) in [5.41, 5.74) is 7.47. The van der Waals surface area contributed by atoms with Crippen LogP contribution in [-0.4, -0.2) is 24.3 Å². The van der Waals surface area contributed by atoms with Crippen LogP contribution in [0.25, 0.3) is 11.3 Å². The highest BCUT2D eigenvalue weighted by molar-refractivity contribution is 7.16. The molecule has 0 amide bonds. The molecule has 0 aliphatic rings. The maximum atomic E-state index is 11.8. The first-order chi connectivity index (χ1) is 13.1. The lowest BCUT2D eigenvalue weighted by atomic mass is 10.0. The average molecular weight is 379 g/mol. The van der Waals surface area contributed by atoms with Crippen LogP contribution in [0.4, 0.5) is 5.13 Å². The first-order valence-electron chi connectivity index (χ1n) is 8.66. The predicted molar refractivity (Wildman–Crippen MR) is 111 cm³/mol. The van der Waals surface area contributed by atoms with Gasteiger partial charge in [0.05, 0.1) is 24.6 Å².